The molecule has 1 saturated carbocycles. The van der Waals surface area contributed by atoms with Gasteiger partial charge in [0.05, 0.1) is 6.61 Å². The Morgan fingerprint density at radius 1 is 1.33 bits per heavy atom. The molecule has 0 heterocycles. The van der Waals surface area contributed by atoms with Crippen molar-refractivity contribution in [1.29, 1.82) is 0 Å². The van der Waals surface area contributed by atoms with E-state index in [0.29, 0.717) is 13.0 Å². The summed E-state index contributed by atoms with van der Waals surface area (Å²) in [5, 5.41) is 0. The van der Waals surface area contributed by atoms with E-state index in [1.54, 1.807) is 6.07 Å². The van der Waals surface area contributed by atoms with Gasteiger partial charge in [0.1, 0.15) is 0 Å². The smallest absolute Gasteiger partial charge is 0.163 e. The standard InChI is InChI=1S/C16H24F2N2O/c1-20(9-10-21-11-12-5-6-12)8-7-15(19)13-3-2-4-14(17)16(13)18/h2-4,12,15H,5-11,19H2,1H3. The molecular formula is C16H24F2N2O. The maximum absolute atomic E-state index is 13.6. The third-order valence-electron chi connectivity index (χ3n) is 3.87. The molecule has 0 aliphatic heterocycles. The predicted molar refractivity (Wildman–Crippen MR) is 78.9 cm³/mol. The molecular weight excluding hydrogens is 274 g/mol. The zero-order chi connectivity index (χ0) is 15.2. The van der Waals surface area contributed by atoms with Crippen molar-refractivity contribution in [2.24, 2.45) is 11.7 Å². The molecule has 0 radical (unpaired) electrons. The highest BCUT2D eigenvalue weighted by molar-refractivity contribution is 5.22. The van der Waals surface area contributed by atoms with E-state index in [-0.39, 0.29) is 5.56 Å². The molecule has 1 aromatic rings. The second-order valence-corrected chi connectivity index (χ2v) is 5.86. The zero-order valence-electron chi connectivity index (χ0n) is 12.5. The highest BCUT2D eigenvalue weighted by Crippen LogP contribution is 2.28. The average Bonchev–Trinajstić information content (AvgIpc) is 3.28. The lowest BCUT2D eigenvalue weighted by molar-refractivity contribution is 0.103. The van der Waals surface area contributed by atoms with Crippen LogP contribution < -0.4 is 5.73 Å². The van der Waals surface area contributed by atoms with Gasteiger partial charge >= 0.3 is 0 Å². The lowest BCUT2D eigenvalue weighted by Gasteiger charge is -2.20. The predicted octanol–water partition coefficient (Wildman–Crippen LogP) is 2.71. The van der Waals surface area contributed by atoms with Gasteiger partial charge in [-0.15, -0.1) is 0 Å². The van der Waals surface area contributed by atoms with Gasteiger partial charge in [0.25, 0.3) is 0 Å². The van der Waals surface area contributed by atoms with Crippen LogP contribution in [-0.4, -0.2) is 38.3 Å². The minimum atomic E-state index is -0.843. The van der Waals surface area contributed by atoms with E-state index in [0.717, 1.165) is 31.7 Å². The molecule has 5 heteroatoms. The molecule has 0 amide bonds. The summed E-state index contributed by atoms with van der Waals surface area (Å²) >= 11 is 0. The number of likely N-dealkylation sites (N-methyl/N-ethyl adjacent to an activating group) is 1. The minimum absolute atomic E-state index is 0.244. The van der Waals surface area contributed by atoms with E-state index in [1.165, 1.54) is 18.9 Å². The van der Waals surface area contributed by atoms with Gasteiger partial charge in [-0.3, -0.25) is 0 Å². The van der Waals surface area contributed by atoms with Crippen LogP contribution in [0.3, 0.4) is 0 Å². The van der Waals surface area contributed by atoms with Crippen molar-refractivity contribution in [1.82, 2.24) is 4.90 Å². The molecule has 1 aliphatic carbocycles. The second kappa shape index (κ2) is 7.82. The van der Waals surface area contributed by atoms with E-state index in [9.17, 15) is 8.78 Å². The lowest BCUT2D eigenvalue weighted by atomic mass is 10.0. The lowest BCUT2D eigenvalue weighted by Crippen LogP contribution is -2.27. The Morgan fingerprint density at radius 2 is 2.10 bits per heavy atom. The Hall–Kier alpha value is -1.04. The van der Waals surface area contributed by atoms with E-state index in [4.69, 9.17) is 10.5 Å². The van der Waals surface area contributed by atoms with Crippen LogP contribution in [-0.2, 0) is 4.74 Å². The van der Waals surface area contributed by atoms with Crippen LogP contribution in [0.1, 0.15) is 30.9 Å². The molecule has 2 rings (SSSR count). The highest BCUT2D eigenvalue weighted by Gasteiger charge is 2.21. The summed E-state index contributed by atoms with van der Waals surface area (Å²) in [6, 6.07) is 3.65. The largest absolute Gasteiger partial charge is 0.380 e. The topological polar surface area (TPSA) is 38.5 Å². The molecule has 0 bridgehead atoms. The van der Waals surface area contributed by atoms with Crippen LogP contribution in [0.15, 0.2) is 18.2 Å². The number of rotatable bonds is 9. The quantitative estimate of drug-likeness (QED) is 0.712. The van der Waals surface area contributed by atoms with Gasteiger partial charge in [-0.1, -0.05) is 12.1 Å². The van der Waals surface area contributed by atoms with Gasteiger partial charge in [-0.25, -0.2) is 8.78 Å². The first-order chi connectivity index (χ1) is 10.1. The number of hydrogen-bond acceptors (Lipinski definition) is 3. The number of benzene rings is 1. The SMILES string of the molecule is CN(CCOCC1CC1)CCC(N)c1cccc(F)c1F. The first-order valence-electron chi connectivity index (χ1n) is 7.53. The summed E-state index contributed by atoms with van der Waals surface area (Å²) in [5.74, 6) is -0.898. The normalized spacial score (nSPS) is 16.4. The molecule has 3 nitrogen and oxygen atoms in total. The Morgan fingerprint density at radius 3 is 2.81 bits per heavy atom. The van der Waals surface area contributed by atoms with Gasteiger partial charge in [0, 0.05) is 24.8 Å². The van der Waals surface area contributed by atoms with Gasteiger partial charge in [0.15, 0.2) is 11.6 Å². The van der Waals surface area contributed by atoms with Crippen LogP contribution in [0.2, 0.25) is 0 Å². The summed E-state index contributed by atoms with van der Waals surface area (Å²) in [6.07, 6.45) is 3.17. The number of halogens is 2. The molecule has 1 unspecified atom stereocenters. The van der Waals surface area contributed by atoms with E-state index in [1.807, 2.05) is 7.05 Å². The van der Waals surface area contributed by atoms with Crippen molar-refractivity contribution in [2.75, 3.05) is 33.4 Å². The Bertz CT molecular complexity index is 452. The average molecular weight is 298 g/mol. The number of hydrogen-bond donors (Lipinski definition) is 1. The second-order valence-electron chi connectivity index (χ2n) is 5.86. The third-order valence-corrected chi connectivity index (χ3v) is 3.87. The number of ether oxygens (including phenoxy) is 1. The molecule has 2 N–H and O–H groups in total. The fraction of sp³-hybridized carbons (Fsp3) is 0.625. The Labute approximate surface area is 125 Å². The molecule has 1 aromatic carbocycles. The molecule has 0 spiro atoms. The van der Waals surface area contributed by atoms with Crippen LogP contribution in [0.25, 0.3) is 0 Å². The fourth-order valence-corrected chi connectivity index (χ4v) is 2.19. The monoisotopic (exact) mass is 298 g/mol. The van der Waals surface area contributed by atoms with Gasteiger partial charge in [-0.05, 0) is 44.8 Å². The maximum Gasteiger partial charge on any atom is 0.163 e. The van der Waals surface area contributed by atoms with Crippen LogP contribution >= 0.6 is 0 Å². The van der Waals surface area contributed by atoms with Crippen molar-refractivity contribution in [2.45, 2.75) is 25.3 Å². The highest BCUT2D eigenvalue weighted by atomic mass is 19.2. The third kappa shape index (κ3) is 5.34. The van der Waals surface area contributed by atoms with Gasteiger partial charge in [-0.2, -0.15) is 0 Å². The van der Waals surface area contributed by atoms with Gasteiger partial charge < -0.3 is 15.4 Å². The van der Waals surface area contributed by atoms with Crippen LogP contribution in [0, 0.1) is 17.6 Å². The van der Waals surface area contributed by atoms with E-state index < -0.39 is 17.7 Å². The summed E-state index contributed by atoms with van der Waals surface area (Å²) in [7, 11) is 1.98. The molecule has 1 aliphatic rings. The first kappa shape index (κ1) is 16.3. The van der Waals surface area contributed by atoms with E-state index in [2.05, 4.69) is 4.90 Å². The van der Waals surface area contributed by atoms with Crippen molar-refractivity contribution in [3.05, 3.63) is 35.4 Å². The van der Waals surface area contributed by atoms with Crippen molar-refractivity contribution < 1.29 is 13.5 Å². The van der Waals surface area contributed by atoms with Crippen LogP contribution in [0.4, 0.5) is 8.78 Å². The number of nitrogens with zero attached hydrogens (tertiary/aromatic N) is 1. The fourth-order valence-electron chi connectivity index (χ4n) is 2.19. The van der Waals surface area contributed by atoms with Crippen molar-refractivity contribution >= 4 is 0 Å². The number of nitrogens with two attached hydrogens (primary N) is 1. The van der Waals surface area contributed by atoms with Crippen molar-refractivity contribution in [3.63, 3.8) is 0 Å². The maximum atomic E-state index is 13.6. The molecule has 0 saturated heterocycles. The van der Waals surface area contributed by atoms with Crippen molar-refractivity contribution in [3.8, 4) is 0 Å². The summed E-state index contributed by atoms with van der Waals surface area (Å²) in [4.78, 5) is 2.10. The molecule has 0 aromatic heterocycles. The minimum Gasteiger partial charge on any atom is -0.380 e. The summed E-state index contributed by atoms with van der Waals surface area (Å²) in [5.41, 5.74) is 6.20. The summed E-state index contributed by atoms with van der Waals surface area (Å²) in [6.45, 7) is 3.12. The molecule has 1 fully saturated rings. The molecule has 118 valence electrons. The zero-order valence-corrected chi connectivity index (χ0v) is 12.5. The van der Waals surface area contributed by atoms with Gasteiger partial charge in [0.2, 0.25) is 0 Å². The first-order valence-corrected chi connectivity index (χ1v) is 7.53. The Kier molecular flexibility index (Phi) is 6.08. The Balaban J connectivity index is 1.67. The molecule has 21 heavy (non-hydrogen) atoms. The molecule has 1 atom stereocenters. The van der Waals surface area contributed by atoms with Crippen LogP contribution in [0.5, 0.6) is 0 Å². The van der Waals surface area contributed by atoms with E-state index >= 15 is 0 Å². The summed E-state index contributed by atoms with van der Waals surface area (Å²) < 4.78 is 32.3.